The van der Waals surface area contributed by atoms with Gasteiger partial charge in [-0.05, 0) is 37.6 Å². The van der Waals surface area contributed by atoms with Gasteiger partial charge in [-0.15, -0.1) is 0 Å². The zero-order chi connectivity index (χ0) is 14.6. The first-order valence-electron chi connectivity index (χ1n) is 6.00. The molecule has 5 heteroatoms. The third-order valence-electron chi connectivity index (χ3n) is 3.04. The molecule has 0 saturated heterocycles. The van der Waals surface area contributed by atoms with E-state index in [0.717, 1.165) is 12.0 Å². The average molecular weight is 336 g/mol. The van der Waals surface area contributed by atoms with Gasteiger partial charge >= 0.3 is 6.18 Å². The Kier molecular flexibility index (Phi) is 5.62. The molecule has 19 heavy (non-hydrogen) atoms. The lowest BCUT2D eigenvalue weighted by atomic mass is 9.97. The van der Waals surface area contributed by atoms with Gasteiger partial charge in [-0.25, -0.2) is 0 Å². The van der Waals surface area contributed by atoms with Gasteiger partial charge in [0, 0.05) is 10.5 Å². The molecule has 1 unspecified atom stereocenters. The molecule has 0 aromatic heterocycles. The maximum absolute atomic E-state index is 12.9. The lowest BCUT2D eigenvalue weighted by Gasteiger charge is -2.19. The second-order valence-electron chi connectivity index (χ2n) is 4.39. The quantitative estimate of drug-likeness (QED) is 0.739. The Balaban J connectivity index is 3.09. The van der Waals surface area contributed by atoms with E-state index < -0.39 is 11.7 Å². The fraction of sp³-hybridized carbons (Fsp3) is 0.429. The molecule has 0 saturated carbocycles. The van der Waals surface area contributed by atoms with Crippen LogP contribution in [0.2, 0.25) is 0 Å². The van der Waals surface area contributed by atoms with E-state index in [4.69, 9.17) is 0 Å². The Morgan fingerprint density at radius 2 is 2.05 bits per heavy atom. The van der Waals surface area contributed by atoms with Crippen LogP contribution in [-0.2, 0) is 6.18 Å². The Labute approximate surface area is 120 Å². The summed E-state index contributed by atoms with van der Waals surface area (Å²) in [6, 6.07) is 4.18. The van der Waals surface area contributed by atoms with E-state index in [1.54, 1.807) is 13.1 Å². The first-order valence-corrected chi connectivity index (χ1v) is 6.79. The molecule has 0 fully saturated rings. The summed E-state index contributed by atoms with van der Waals surface area (Å²) in [6.07, 6.45) is -2.90. The number of hydrogen-bond acceptors (Lipinski definition) is 1. The van der Waals surface area contributed by atoms with Crippen LogP contribution < -0.4 is 5.32 Å². The maximum Gasteiger partial charge on any atom is 0.417 e. The third kappa shape index (κ3) is 4.35. The highest BCUT2D eigenvalue weighted by molar-refractivity contribution is 9.10. The zero-order valence-corrected chi connectivity index (χ0v) is 12.5. The van der Waals surface area contributed by atoms with Crippen LogP contribution in [0.3, 0.4) is 0 Å². The molecule has 0 amide bonds. The molecule has 1 N–H and O–H groups in total. The van der Waals surface area contributed by atoms with Crippen LogP contribution in [0.25, 0.3) is 0 Å². The van der Waals surface area contributed by atoms with Gasteiger partial charge in [-0.2, -0.15) is 13.2 Å². The molecule has 0 aliphatic carbocycles. The van der Waals surface area contributed by atoms with Crippen molar-refractivity contribution in [1.29, 1.82) is 0 Å². The number of hydrogen-bond donors (Lipinski definition) is 1. The summed E-state index contributed by atoms with van der Waals surface area (Å²) < 4.78 is 38.6. The van der Waals surface area contributed by atoms with Crippen molar-refractivity contribution in [2.45, 2.75) is 32.0 Å². The van der Waals surface area contributed by atoms with Crippen molar-refractivity contribution >= 4 is 15.9 Å². The molecule has 0 radical (unpaired) electrons. The van der Waals surface area contributed by atoms with E-state index in [1.165, 1.54) is 12.1 Å². The average Bonchev–Trinajstić information content (AvgIpc) is 2.35. The van der Waals surface area contributed by atoms with Gasteiger partial charge in [0.25, 0.3) is 0 Å². The SMILES string of the molecule is C=C(CC)CC(NC)c1ccc(Br)c(C(F)(F)F)c1. The Morgan fingerprint density at radius 3 is 2.53 bits per heavy atom. The summed E-state index contributed by atoms with van der Waals surface area (Å²) in [6.45, 7) is 5.89. The first-order chi connectivity index (χ1) is 8.79. The maximum atomic E-state index is 12.9. The van der Waals surface area contributed by atoms with Crippen LogP contribution in [-0.4, -0.2) is 7.05 Å². The summed E-state index contributed by atoms with van der Waals surface area (Å²) in [5.74, 6) is 0. The molecule has 1 aromatic carbocycles. The van der Waals surface area contributed by atoms with Crippen molar-refractivity contribution in [3.63, 3.8) is 0 Å². The summed E-state index contributed by atoms with van der Waals surface area (Å²) in [5, 5.41) is 3.04. The Morgan fingerprint density at radius 1 is 1.42 bits per heavy atom. The Hall–Kier alpha value is -0.810. The molecule has 1 aromatic rings. The third-order valence-corrected chi connectivity index (χ3v) is 3.73. The van der Waals surface area contributed by atoms with E-state index in [2.05, 4.69) is 27.8 Å². The fourth-order valence-electron chi connectivity index (χ4n) is 1.80. The second-order valence-corrected chi connectivity index (χ2v) is 5.24. The summed E-state index contributed by atoms with van der Waals surface area (Å²) >= 11 is 2.94. The Bertz CT molecular complexity index is 454. The summed E-state index contributed by atoms with van der Waals surface area (Å²) in [5.41, 5.74) is 0.982. The van der Waals surface area contributed by atoms with Gasteiger partial charge in [0.2, 0.25) is 0 Å². The van der Waals surface area contributed by atoms with Gasteiger partial charge in [-0.1, -0.05) is 41.1 Å². The van der Waals surface area contributed by atoms with E-state index >= 15 is 0 Å². The molecule has 0 spiro atoms. The van der Waals surface area contributed by atoms with E-state index in [1.807, 2.05) is 6.92 Å². The standard InChI is InChI=1S/C14H17BrF3N/c1-4-9(2)7-13(19-3)10-5-6-12(15)11(8-10)14(16,17)18/h5-6,8,13,19H,2,4,7H2,1,3H3. The normalized spacial score (nSPS) is 13.4. The molecule has 1 nitrogen and oxygen atoms in total. The van der Waals surface area contributed by atoms with Crippen molar-refractivity contribution in [2.24, 2.45) is 0 Å². The van der Waals surface area contributed by atoms with Gasteiger partial charge in [0.05, 0.1) is 5.56 Å². The molecule has 0 heterocycles. The molecule has 106 valence electrons. The molecule has 0 aliphatic heterocycles. The van der Waals surface area contributed by atoms with Gasteiger partial charge < -0.3 is 5.32 Å². The monoisotopic (exact) mass is 335 g/mol. The zero-order valence-electron chi connectivity index (χ0n) is 10.9. The van der Waals surface area contributed by atoms with Crippen molar-refractivity contribution in [3.8, 4) is 0 Å². The highest BCUT2D eigenvalue weighted by Gasteiger charge is 2.33. The molecule has 1 atom stereocenters. The topological polar surface area (TPSA) is 12.0 Å². The van der Waals surface area contributed by atoms with Crippen LogP contribution in [0.1, 0.15) is 36.9 Å². The number of rotatable bonds is 5. The largest absolute Gasteiger partial charge is 0.417 e. The summed E-state index contributed by atoms with van der Waals surface area (Å²) in [4.78, 5) is 0. The van der Waals surface area contributed by atoms with Crippen LogP contribution in [0.15, 0.2) is 34.8 Å². The van der Waals surface area contributed by atoms with Crippen molar-refractivity contribution in [2.75, 3.05) is 7.05 Å². The number of halogens is 4. The lowest BCUT2D eigenvalue weighted by Crippen LogP contribution is -2.18. The molecular weight excluding hydrogens is 319 g/mol. The minimum atomic E-state index is -4.35. The highest BCUT2D eigenvalue weighted by Crippen LogP contribution is 2.37. The molecule has 0 aliphatic rings. The van der Waals surface area contributed by atoms with Crippen LogP contribution in [0.5, 0.6) is 0 Å². The molecule has 0 bridgehead atoms. The van der Waals surface area contributed by atoms with Gasteiger partial charge in [-0.3, -0.25) is 0 Å². The lowest BCUT2D eigenvalue weighted by molar-refractivity contribution is -0.138. The van der Waals surface area contributed by atoms with Crippen LogP contribution in [0.4, 0.5) is 13.2 Å². The molecule has 1 rings (SSSR count). The highest BCUT2D eigenvalue weighted by atomic mass is 79.9. The van der Waals surface area contributed by atoms with E-state index in [0.29, 0.717) is 12.0 Å². The van der Waals surface area contributed by atoms with Crippen LogP contribution in [0, 0.1) is 0 Å². The predicted molar refractivity (Wildman–Crippen MR) is 75.0 cm³/mol. The minimum absolute atomic E-state index is 0.0629. The second kappa shape index (κ2) is 6.57. The molecular formula is C14H17BrF3N. The first kappa shape index (κ1) is 16.2. The van der Waals surface area contributed by atoms with E-state index in [9.17, 15) is 13.2 Å². The van der Waals surface area contributed by atoms with Gasteiger partial charge in [0.1, 0.15) is 0 Å². The minimum Gasteiger partial charge on any atom is -0.313 e. The number of benzene rings is 1. The van der Waals surface area contributed by atoms with E-state index in [-0.39, 0.29) is 10.5 Å². The van der Waals surface area contributed by atoms with Crippen molar-refractivity contribution in [3.05, 3.63) is 46.0 Å². The number of nitrogens with one attached hydrogen (secondary N) is 1. The van der Waals surface area contributed by atoms with Gasteiger partial charge in [0.15, 0.2) is 0 Å². The predicted octanol–water partition coefficient (Wildman–Crippen LogP) is 5.08. The van der Waals surface area contributed by atoms with Crippen molar-refractivity contribution in [1.82, 2.24) is 5.32 Å². The fourth-order valence-corrected chi connectivity index (χ4v) is 2.27. The van der Waals surface area contributed by atoms with Crippen LogP contribution >= 0.6 is 15.9 Å². The smallest absolute Gasteiger partial charge is 0.313 e. The van der Waals surface area contributed by atoms with Crippen molar-refractivity contribution < 1.29 is 13.2 Å². The summed E-state index contributed by atoms with van der Waals surface area (Å²) in [7, 11) is 1.74. The number of alkyl halides is 3.